The highest BCUT2D eigenvalue weighted by Crippen LogP contribution is 2.29. The number of nitrogens with one attached hydrogen (secondary N) is 1. The average molecular weight is 270 g/mol. The van der Waals surface area contributed by atoms with Crippen LogP contribution in [0.15, 0.2) is 18.2 Å². The summed E-state index contributed by atoms with van der Waals surface area (Å²) in [5.74, 6) is -1.55. The summed E-state index contributed by atoms with van der Waals surface area (Å²) in [6.07, 6.45) is 0.180. The number of rotatable bonds is 6. The molecule has 0 radical (unpaired) electrons. The average Bonchev–Trinajstić information content (AvgIpc) is 2.25. The van der Waals surface area contributed by atoms with Crippen LogP contribution >= 0.6 is 0 Å². The van der Waals surface area contributed by atoms with Crippen LogP contribution in [0.4, 0.5) is 15.8 Å². The Morgan fingerprint density at radius 1 is 1.53 bits per heavy atom. The second-order valence-corrected chi connectivity index (χ2v) is 4.82. The molecule has 0 aliphatic heterocycles. The Kier molecular flexibility index (Phi) is 4.42. The number of benzene rings is 1. The van der Waals surface area contributed by atoms with Crippen molar-refractivity contribution >= 4 is 17.3 Å². The van der Waals surface area contributed by atoms with E-state index in [1.54, 1.807) is 13.8 Å². The molecule has 1 rings (SSSR count). The summed E-state index contributed by atoms with van der Waals surface area (Å²) < 4.78 is 13.1. The van der Waals surface area contributed by atoms with Crippen molar-refractivity contribution in [3.05, 3.63) is 34.1 Å². The van der Waals surface area contributed by atoms with Gasteiger partial charge in [0.25, 0.3) is 5.69 Å². The summed E-state index contributed by atoms with van der Waals surface area (Å²) in [6.45, 7) is 3.40. The lowest BCUT2D eigenvalue weighted by Gasteiger charge is -2.26. The van der Waals surface area contributed by atoms with E-state index >= 15 is 0 Å². The van der Waals surface area contributed by atoms with E-state index in [9.17, 15) is 19.3 Å². The number of halogens is 1. The predicted molar refractivity (Wildman–Crippen MR) is 67.6 cm³/mol. The van der Waals surface area contributed by atoms with Crippen molar-refractivity contribution in [2.24, 2.45) is 0 Å². The van der Waals surface area contributed by atoms with Gasteiger partial charge in [-0.3, -0.25) is 14.9 Å². The fourth-order valence-electron chi connectivity index (χ4n) is 1.61. The smallest absolute Gasteiger partial charge is 0.303 e. The maximum Gasteiger partial charge on any atom is 0.303 e. The quantitative estimate of drug-likeness (QED) is 0.612. The summed E-state index contributed by atoms with van der Waals surface area (Å²) in [5, 5.41) is 22.3. The van der Waals surface area contributed by atoms with E-state index in [0.29, 0.717) is 0 Å². The van der Waals surface area contributed by atoms with Crippen LogP contribution in [0.1, 0.15) is 26.7 Å². The number of carboxylic acids is 1. The number of carboxylic acid groups (broad SMARTS) is 1. The molecule has 7 heteroatoms. The van der Waals surface area contributed by atoms with Gasteiger partial charge in [-0.05, 0) is 26.3 Å². The molecule has 19 heavy (non-hydrogen) atoms. The number of nitro benzene ring substituents is 1. The molecule has 1 aromatic rings. The van der Waals surface area contributed by atoms with Gasteiger partial charge in [-0.1, -0.05) is 0 Å². The van der Waals surface area contributed by atoms with Gasteiger partial charge < -0.3 is 10.4 Å². The van der Waals surface area contributed by atoms with Crippen LogP contribution in [0.2, 0.25) is 0 Å². The fraction of sp³-hybridized carbons (Fsp3) is 0.417. The predicted octanol–water partition coefficient (Wildman–Crippen LogP) is 2.79. The number of aliphatic carboxylic acids is 1. The van der Waals surface area contributed by atoms with Crippen molar-refractivity contribution in [2.45, 2.75) is 32.2 Å². The van der Waals surface area contributed by atoms with Gasteiger partial charge in [0, 0.05) is 24.1 Å². The second-order valence-electron chi connectivity index (χ2n) is 4.82. The Bertz CT molecular complexity index is 503. The summed E-state index contributed by atoms with van der Waals surface area (Å²) in [7, 11) is 0. The molecule has 0 aromatic heterocycles. The third kappa shape index (κ3) is 4.53. The highest BCUT2D eigenvalue weighted by molar-refractivity contribution is 5.67. The topological polar surface area (TPSA) is 92.5 Å². The first kappa shape index (κ1) is 14.9. The van der Waals surface area contributed by atoms with Gasteiger partial charge in [-0.2, -0.15) is 0 Å². The SMILES string of the molecule is CC(C)(CCC(=O)O)Nc1cc(F)ccc1[N+](=O)[O-]. The van der Waals surface area contributed by atoms with Crippen LogP contribution in [0.5, 0.6) is 0 Å². The molecule has 1 aromatic carbocycles. The molecule has 0 spiro atoms. The van der Waals surface area contributed by atoms with Crippen LogP contribution in [-0.2, 0) is 4.79 Å². The number of nitrogens with zero attached hydrogens (tertiary/aromatic N) is 1. The molecule has 104 valence electrons. The lowest BCUT2D eigenvalue weighted by Crippen LogP contribution is -2.31. The van der Waals surface area contributed by atoms with Gasteiger partial charge >= 0.3 is 5.97 Å². The monoisotopic (exact) mass is 270 g/mol. The van der Waals surface area contributed by atoms with Gasteiger partial charge in [0.05, 0.1) is 4.92 Å². The normalized spacial score (nSPS) is 11.1. The van der Waals surface area contributed by atoms with Crippen molar-refractivity contribution in [2.75, 3.05) is 5.32 Å². The molecule has 0 atom stereocenters. The fourth-order valence-corrected chi connectivity index (χ4v) is 1.61. The maximum atomic E-state index is 13.1. The third-order valence-corrected chi connectivity index (χ3v) is 2.59. The molecule has 0 heterocycles. The first-order valence-electron chi connectivity index (χ1n) is 5.65. The highest BCUT2D eigenvalue weighted by atomic mass is 19.1. The number of carbonyl (C=O) groups is 1. The minimum Gasteiger partial charge on any atom is -0.481 e. The molecule has 0 fully saturated rings. The van der Waals surface area contributed by atoms with Crippen molar-refractivity contribution in [1.29, 1.82) is 0 Å². The Morgan fingerprint density at radius 2 is 2.16 bits per heavy atom. The van der Waals surface area contributed by atoms with Gasteiger partial charge in [-0.15, -0.1) is 0 Å². The summed E-state index contributed by atoms with van der Waals surface area (Å²) >= 11 is 0. The Hall–Kier alpha value is -2.18. The lowest BCUT2D eigenvalue weighted by atomic mass is 9.97. The minimum absolute atomic E-state index is 0.0420. The zero-order valence-corrected chi connectivity index (χ0v) is 10.6. The number of hydrogen-bond acceptors (Lipinski definition) is 4. The van der Waals surface area contributed by atoms with Crippen molar-refractivity contribution in [1.82, 2.24) is 0 Å². The van der Waals surface area contributed by atoms with Crippen LogP contribution in [0.25, 0.3) is 0 Å². The molecule has 0 aliphatic rings. The van der Waals surface area contributed by atoms with Crippen molar-refractivity contribution < 1.29 is 19.2 Å². The zero-order valence-electron chi connectivity index (χ0n) is 10.6. The van der Waals surface area contributed by atoms with Crippen LogP contribution in [-0.4, -0.2) is 21.5 Å². The van der Waals surface area contributed by atoms with Gasteiger partial charge in [0.1, 0.15) is 11.5 Å². The summed E-state index contributed by atoms with van der Waals surface area (Å²) in [5.41, 5.74) is -0.901. The molecule has 0 saturated heterocycles. The molecule has 0 bridgehead atoms. The Balaban J connectivity index is 2.94. The number of hydrogen-bond donors (Lipinski definition) is 2. The Morgan fingerprint density at radius 3 is 2.68 bits per heavy atom. The molecule has 6 nitrogen and oxygen atoms in total. The highest BCUT2D eigenvalue weighted by Gasteiger charge is 2.23. The van der Waals surface area contributed by atoms with E-state index in [4.69, 9.17) is 5.11 Å². The lowest BCUT2D eigenvalue weighted by molar-refractivity contribution is -0.384. The standard InChI is InChI=1S/C12H15FN2O4/c1-12(2,6-5-11(16)17)14-9-7-8(13)3-4-10(9)15(18)19/h3-4,7,14H,5-6H2,1-2H3,(H,16,17). The summed E-state index contributed by atoms with van der Waals surface area (Å²) in [4.78, 5) is 20.7. The molecule has 0 unspecified atom stereocenters. The molecular formula is C12H15FN2O4. The van der Waals surface area contributed by atoms with E-state index in [-0.39, 0.29) is 24.2 Å². The van der Waals surface area contributed by atoms with E-state index in [2.05, 4.69) is 5.32 Å². The minimum atomic E-state index is -0.955. The zero-order chi connectivity index (χ0) is 14.6. The van der Waals surface area contributed by atoms with E-state index < -0.39 is 22.2 Å². The van der Waals surface area contributed by atoms with Gasteiger partial charge in [0.15, 0.2) is 0 Å². The second kappa shape index (κ2) is 5.64. The molecular weight excluding hydrogens is 255 g/mol. The first-order chi connectivity index (χ1) is 8.71. The van der Waals surface area contributed by atoms with Crippen LogP contribution in [0.3, 0.4) is 0 Å². The molecule has 0 aliphatic carbocycles. The van der Waals surface area contributed by atoms with E-state index in [1.165, 1.54) is 0 Å². The molecule has 0 saturated carbocycles. The van der Waals surface area contributed by atoms with E-state index in [1.807, 2.05) is 0 Å². The van der Waals surface area contributed by atoms with Crippen LogP contribution < -0.4 is 5.32 Å². The largest absolute Gasteiger partial charge is 0.481 e. The molecule has 0 amide bonds. The number of anilines is 1. The van der Waals surface area contributed by atoms with Gasteiger partial charge in [-0.25, -0.2) is 4.39 Å². The Labute approximate surface area is 109 Å². The van der Waals surface area contributed by atoms with E-state index in [0.717, 1.165) is 18.2 Å². The maximum absolute atomic E-state index is 13.1. The summed E-state index contributed by atoms with van der Waals surface area (Å²) in [6, 6.07) is 3.11. The van der Waals surface area contributed by atoms with Crippen LogP contribution in [0, 0.1) is 15.9 Å². The van der Waals surface area contributed by atoms with Crippen molar-refractivity contribution in [3.63, 3.8) is 0 Å². The van der Waals surface area contributed by atoms with Gasteiger partial charge in [0.2, 0.25) is 0 Å². The third-order valence-electron chi connectivity index (χ3n) is 2.59. The first-order valence-corrected chi connectivity index (χ1v) is 5.65. The number of nitro groups is 1. The van der Waals surface area contributed by atoms with Crippen molar-refractivity contribution in [3.8, 4) is 0 Å². The molecule has 2 N–H and O–H groups in total.